The highest BCUT2D eigenvalue weighted by molar-refractivity contribution is 7.22. The van der Waals surface area contributed by atoms with Crippen LogP contribution in [0.2, 0.25) is 0 Å². The molecular formula is C20H23N5O4S. The molecule has 2 atom stereocenters. The summed E-state index contributed by atoms with van der Waals surface area (Å²) >= 11 is 1.36. The minimum absolute atomic E-state index is 0.155. The minimum atomic E-state index is -0.962. The van der Waals surface area contributed by atoms with Gasteiger partial charge in [-0.2, -0.15) is 0 Å². The van der Waals surface area contributed by atoms with E-state index in [2.05, 4.69) is 25.2 Å². The van der Waals surface area contributed by atoms with Crippen LogP contribution in [-0.4, -0.2) is 64.3 Å². The Bertz CT molecular complexity index is 1080. The lowest BCUT2D eigenvalue weighted by Crippen LogP contribution is -2.55. The van der Waals surface area contributed by atoms with E-state index < -0.39 is 5.97 Å². The highest BCUT2D eigenvalue weighted by Crippen LogP contribution is 2.33. The lowest BCUT2D eigenvalue weighted by molar-refractivity contribution is 0.0538. The smallest absolute Gasteiger partial charge is 0.337 e. The van der Waals surface area contributed by atoms with Gasteiger partial charge in [-0.3, -0.25) is 4.79 Å². The number of benzene rings is 1. The Balaban J connectivity index is 1.48. The van der Waals surface area contributed by atoms with Crippen molar-refractivity contribution < 1.29 is 19.4 Å². The second kappa shape index (κ2) is 8.41. The van der Waals surface area contributed by atoms with Crippen LogP contribution >= 0.6 is 11.3 Å². The molecule has 2 aromatic heterocycles. The Morgan fingerprint density at radius 2 is 2.27 bits per heavy atom. The van der Waals surface area contributed by atoms with E-state index in [9.17, 15) is 14.7 Å². The number of carboxylic acid groups (broad SMARTS) is 1. The van der Waals surface area contributed by atoms with Gasteiger partial charge in [0.2, 0.25) is 0 Å². The highest BCUT2D eigenvalue weighted by Gasteiger charge is 2.32. The van der Waals surface area contributed by atoms with Crippen molar-refractivity contribution in [3.8, 4) is 0 Å². The Kier molecular flexibility index (Phi) is 5.69. The Morgan fingerprint density at radius 1 is 1.43 bits per heavy atom. The van der Waals surface area contributed by atoms with Crippen molar-refractivity contribution in [2.75, 3.05) is 25.1 Å². The standard InChI is InChI=1S/C20H23N5O4S/c1-3-11-9-21-17(22-11)18(26)23-13-7-8-25(10-15(13)29-2)20-24-14-6-4-5-12(19(27)28)16(14)30-20/h4-6,9,13,15H,3,7-8,10H2,1-2H3,(H,21,22)(H,23,26)(H,27,28)/t13?,15-/m0/s1. The van der Waals surface area contributed by atoms with E-state index in [1.165, 1.54) is 11.3 Å². The van der Waals surface area contributed by atoms with E-state index in [-0.39, 0.29) is 23.6 Å². The molecule has 4 rings (SSSR count). The first-order valence-electron chi connectivity index (χ1n) is 9.75. The number of carbonyl (C=O) groups excluding carboxylic acids is 1. The van der Waals surface area contributed by atoms with E-state index in [1.807, 2.05) is 13.0 Å². The van der Waals surface area contributed by atoms with Crippen LogP contribution in [0.4, 0.5) is 5.13 Å². The summed E-state index contributed by atoms with van der Waals surface area (Å²) < 4.78 is 6.31. The van der Waals surface area contributed by atoms with Gasteiger partial charge in [0, 0.05) is 32.1 Å². The number of aromatic carboxylic acids is 1. The molecule has 158 valence electrons. The average molecular weight is 430 g/mol. The summed E-state index contributed by atoms with van der Waals surface area (Å²) in [4.78, 5) is 37.9. The fourth-order valence-corrected chi connectivity index (χ4v) is 4.73. The maximum absolute atomic E-state index is 12.5. The highest BCUT2D eigenvalue weighted by atomic mass is 32.1. The summed E-state index contributed by atoms with van der Waals surface area (Å²) in [6.07, 6.45) is 2.90. The number of piperidine rings is 1. The van der Waals surface area contributed by atoms with Gasteiger partial charge in [0.15, 0.2) is 11.0 Å². The number of thiazole rings is 1. The zero-order chi connectivity index (χ0) is 21.3. The number of nitrogens with zero attached hydrogens (tertiary/aromatic N) is 3. The number of carboxylic acids is 1. The predicted molar refractivity (Wildman–Crippen MR) is 113 cm³/mol. The third kappa shape index (κ3) is 3.88. The molecule has 3 aromatic rings. The topological polar surface area (TPSA) is 120 Å². The number of imidazole rings is 1. The quantitative estimate of drug-likeness (QED) is 0.550. The maximum atomic E-state index is 12.5. The molecule has 0 aliphatic carbocycles. The van der Waals surface area contributed by atoms with Crippen molar-refractivity contribution in [1.82, 2.24) is 20.3 Å². The summed E-state index contributed by atoms with van der Waals surface area (Å²) in [5.74, 6) is -0.908. The molecule has 10 heteroatoms. The summed E-state index contributed by atoms with van der Waals surface area (Å²) in [5.41, 5.74) is 1.84. The number of methoxy groups -OCH3 is 1. The van der Waals surface area contributed by atoms with Crippen LogP contribution in [0.25, 0.3) is 10.2 Å². The van der Waals surface area contributed by atoms with Gasteiger partial charge in [-0.05, 0) is 25.0 Å². The van der Waals surface area contributed by atoms with Crippen molar-refractivity contribution in [2.45, 2.75) is 31.9 Å². The first-order chi connectivity index (χ1) is 14.5. The summed E-state index contributed by atoms with van der Waals surface area (Å²) in [6.45, 7) is 3.21. The molecule has 3 heterocycles. The molecule has 3 N–H and O–H groups in total. The van der Waals surface area contributed by atoms with E-state index in [1.54, 1.807) is 25.4 Å². The van der Waals surface area contributed by atoms with Crippen LogP contribution in [0, 0.1) is 0 Å². The van der Waals surface area contributed by atoms with Gasteiger partial charge in [-0.15, -0.1) is 0 Å². The second-order valence-corrected chi connectivity index (χ2v) is 8.13. The first kappa shape index (κ1) is 20.3. The summed E-state index contributed by atoms with van der Waals surface area (Å²) in [5, 5.41) is 13.2. The molecule has 30 heavy (non-hydrogen) atoms. The number of aromatic amines is 1. The molecule has 1 unspecified atom stereocenters. The van der Waals surface area contributed by atoms with Gasteiger partial charge in [-0.25, -0.2) is 14.8 Å². The zero-order valence-corrected chi connectivity index (χ0v) is 17.5. The van der Waals surface area contributed by atoms with Crippen molar-refractivity contribution in [1.29, 1.82) is 0 Å². The minimum Gasteiger partial charge on any atom is -0.478 e. The summed E-state index contributed by atoms with van der Waals surface area (Å²) in [6, 6.07) is 4.95. The van der Waals surface area contributed by atoms with Gasteiger partial charge in [0.1, 0.15) is 0 Å². The van der Waals surface area contributed by atoms with Gasteiger partial charge in [-0.1, -0.05) is 24.3 Å². The number of hydrogen-bond donors (Lipinski definition) is 3. The Hall–Kier alpha value is -2.98. The molecule has 1 aliphatic heterocycles. The number of amides is 1. The number of hydrogen-bond acceptors (Lipinski definition) is 7. The lowest BCUT2D eigenvalue weighted by atomic mass is 10.0. The van der Waals surface area contributed by atoms with Crippen LogP contribution < -0.4 is 10.2 Å². The molecule has 0 saturated carbocycles. The van der Waals surface area contributed by atoms with E-state index in [0.29, 0.717) is 35.6 Å². The molecule has 9 nitrogen and oxygen atoms in total. The molecule has 1 aliphatic rings. The van der Waals surface area contributed by atoms with Crippen molar-refractivity contribution in [3.05, 3.63) is 41.5 Å². The van der Waals surface area contributed by atoms with Crippen molar-refractivity contribution >= 4 is 38.6 Å². The number of fused-ring (bicyclic) bond motifs is 1. The van der Waals surface area contributed by atoms with Gasteiger partial charge in [0.25, 0.3) is 5.91 Å². The fraction of sp³-hybridized carbons (Fsp3) is 0.400. The number of anilines is 1. The third-order valence-electron chi connectivity index (χ3n) is 5.31. The van der Waals surface area contributed by atoms with E-state index in [0.717, 1.165) is 17.2 Å². The molecule has 1 fully saturated rings. The molecule has 1 amide bonds. The average Bonchev–Trinajstić information content (AvgIpc) is 3.40. The number of carbonyl (C=O) groups is 2. The van der Waals surface area contributed by atoms with Crippen LogP contribution in [0.5, 0.6) is 0 Å². The second-order valence-electron chi connectivity index (χ2n) is 7.15. The molecule has 0 radical (unpaired) electrons. The van der Waals surface area contributed by atoms with Crippen molar-refractivity contribution in [2.24, 2.45) is 0 Å². The predicted octanol–water partition coefficient (Wildman–Crippen LogP) is 2.30. The maximum Gasteiger partial charge on any atom is 0.337 e. The molecule has 1 saturated heterocycles. The molecular weight excluding hydrogens is 406 g/mol. The molecule has 1 aromatic carbocycles. The number of H-pyrrole nitrogens is 1. The molecule has 0 spiro atoms. The number of rotatable bonds is 6. The van der Waals surface area contributed by atoms with Gasteiger partial charge < -0.3 is 25.0 Å². The van der Waals surface area contributed by atoms with Crippen LogP contribution in [0.1, 0.15) is 40.0 Å². The van der Waals surface area contributed by atoms with Crippen LogP contribution in [0.15, 0.2) is 24.4 Å². The third-order valence-corrected chi connectivity index (χ3v) is 6.47. The monoisotopic (exact) mass is 429 g/mol. The Morgan fingerprint density at radius 3 is 2.97 bits per heavy atom. The normalized spacial score (nSPS) is 19.2. The van der Waals surface area contributed by atoms with Gasteiger partial charge in [0.05, 0.1) is 27.9 Å². The lowest BCUT2D eigenvalue weighted by Gasteiger charge is -2.37. The number of nitrogens with one attached hydrogen (secondary N) is 2. The number of aryl methyl sites for hydroxylation is 1. The zero-order valence-electron chi connectivity index (χ0n) is 16.7. The summed E-state index contributed by atoms with van der Waals surface area (Å²) in [7, 11) is 1.62. The van der Waals surface area contributed by atoms with Crippen LogP contribution in [0.3, 0.4) is 0 Å². The first-order valence-corrected chi connectivity index (χ1v) is 10.6. The van der Waals surface area contributed by atoms with E-state index >= 15 is 0 Å². The van der Waals surface area contributed by atoms with Gasteiger partial charge >= 0.3 is 5.97 Å². The van der Waals surface area contributed by atoms with Crippen molar-refractivity contribution in [3.63, 3.8) is 0 Å². The molecule has 0 bridgehead atoms. The number of ether oxygens (including phenoxy) is 1. The Labute approximate surface area is 177 Å². The van der Waals surface area contributed by atoms with E-state index in [4.69, 9.17) is 4.74 Å². The SMILES string of the molecule is CCc1cnc(C(=O)NC2CCN(c3nc4cccc(C(=O)O)c4s3)C[C@@H]2OC)[nH]1. The van der Waals surface area contributed by atoms with Crippen LogP contribution in [-0.2, 0) is 11.2 Å². The number of aromatic nitrogens is 3. The largest absolute Gasteiger partial charge is 0.478 e. The fourth-order valence-electron chi connectivity index (χ4n) is 3.63.